The monoisotopic (exact) mass is 248 g/mol. The van der Waals surface area contributed by atoms with Gasteiger partial charge in [-0.25, -0.2) is 0 Å². The van der Waals surface area contributed by atoms with Crippen LogP contribution in [0.25, 0.3) is 0 Å². The molecule has 0 fully saturated rings. The zero-order valence-electron chi connectivity index (χ0n) is 9.08. The summed E-state index contributed by atoms with van der Waals surface area (Å²) in [6.07, 6.45) is -4.52. The number of carbonyl (C=O) groups is 1. The Kier molecular flexibility index (Phi) is 4.37. The Balaban J connectivity index is 2.74. The van der Waals surface area contributed by atoms with Gasteiger partial charge < -0.3 is 9.47 Å². The number of para-hydroxylation sites is 1. The van der Waals surface area contributed by atoms with Crippen molar-refractivity contribution in [3.05, 3.63) is 29.8 Å². The highest BCUT2D eigenvalue weighted by Crippen LogP contribution is 2.22. The number of hydrogen-bond acceptors (Lipinski definition) is 3. The third-order valence-electron chi connectivity index (χ3n) is 1.93. The zero-order chi connectivity index (χ0) is 12.9. The molecule has 0 aliphatic heterocycles. The third-order valence-corrected chi connectivity index (χ3v) is 1.93. The molecule has 1 rings (SSSR count). The summed E-state index contributed by atoms with van der Waals surface area (Å²) in [5, 5.41) is 0. The summed E-state index contributed by atoms with van der Waals surface area (Å²) < 4.78 is 45.0. The lowest BCUT2D eigenvalue weighted by atomic mass is 10.1. The van der Waals surface area contributed by atoms with E-state index in [1.54, 1.807) is 6.07 Å². The number of alkyl halides is 3. The molecule has 0 N–H and O–H groups in total. The van der Waals surface area contributed by atoms with Gasteiger partial charge in [-0.05, 0) is 6.07 Å². The Labute approximate surface area is 96.1 Å². The largest absolute Gasteiger partial charge is 0.484 e. The van der Waals surface area contributed by atoms with Gasteiger partial charge in [0.15, 0.2) is 6.61 Å². The van der Waals surface area contributed by atoms with Crippen LogP contribution in [0.1, 0.15) is 5.56 Å². The van der Waals surface area contributed by atoms with Crippen LogP contribution >= 0.6 is 0 Å². The van der Waals surface area contributed by atoms with Gasteiger partial charge in [0.25, 0.3) is 0 Å². The minimum atomic E-state index is -4.40. The van der Waals surface area contributed by atoms with Gasteiger partial charge in [0.2, 0.25) is 0 Å². The van der Waals surface area contributed by atoms with Crippen LogP contribution in [0, 0.1) is 0 Å². The molecular weight excluding hydrogens is 237 g/mol. The predicted molar refractivity (Wildman–Crippen MR) is 53.7 cm³/mol. The molecule has 1 aromatic carbocycles. The number of hydrogen-bond donors (Lipinski definition) is 0. The van der Waals surface area contributed by atoms with Gasteiger partial charge in [-0.2, -0.15) is 13.2 Å². The number of methoxy groups -OCH3 is 1. The molecule has 6 heteroatoms. The van der Waals surface area contributed by atoms with Crippen LogP contribution in [-0.2, 0) is 16.0 Å². The van der Waals surface area contributed by atoms with Crippen LogP contribution < -0.4 is 4.74 Å². The number of esters is 1. The highest BCUT2D eigenvalue weighted by Gasteiger charge is 2.28. The lowest BCUT2D eigenvalue weighted by Crippen LogP contribution is -2.20. The van der Waals surface area contributed by atoms with E-state index in [0.29, 0.717) is 5.56 Å². The summed E-state index contributed by atoms with van der Waals surface area (Å²) in [4.78, 5) is 11.0. The van der Waals surface area contributed by atoms with Crippen molar-refractivity contribution < 1.29 is 27.4 Å². The maximum absolute atomic E-state index is 12.0. The molecule has 1 aromatic rings. The van der Waals surface area contributed by atoms with E-state index in [4.69, 9.17) is 0 Å². The normalized spacial score (nSPS) is 11.1. The van der Waals surface area contributed by atoms with E-state index in [0.717, 1.165) is 0 Å². The SMILES string of the molecule is COC(=O)Cc1ccccc1OCC(F)(F)F. The van der Waals surface area contributed by atoms with Crippen LogP contribution in [-0.4, -0.2) is 25.9 Å². The van der Waals surface area contributed by atoms with Crippen LogP contribution in [0.4, 0.5) is 13.2 Å². The average molecular weight is 248 g/mol. The van der Waals surface area contributed by atoms with E-state index in [2.05, 4.69) is 9.47 Å². The first-order chi connectivity index (χ1) is 7.92. The van der Waals surface area contributed by atoms with Crippen molar-refractivity contribution in [2.24, 2.45) is 0 Å². The Morgan fingerprint density at radius 2 is 1.94 bits per heavy atom. The van der Waals surface area contributed by atoms with Gasteiger partial charge >= 0.3 is 12.1 Å². The van der Waals surface area contributed by atoms with E-state index < -0.39 is 18.8 Å². The van der Waals surface area contributed by atoms with Gasteiger partial charge in [0.1, 0.15) is 5.75 Å². The number of ether oxygens (including phenoxy) is 2. The van der Waals surface area contributed by atoms with Crippen LogP contribution in [0.15, 0.2) is 24.3 Å². The fourth-order valence-corrected chi connectivity index (χ4v) is 1.18. The van der Waals surface area contributed by atoms with Crippen LogP contribution in [0.5, 0.6) is 5.75 Å². The Morgan fingerprint density at radius 1 is 1.29 bits per heavy atom. The van der Waals surface area contributed by atoms with Gasteiger partial charge in [-0.15, -0.1) is 0 Å². The topological polar surface area (TPSA) is 35.5 Å². The third kappa shape index (κ3) is 4.76. The molecule has 3 nitrogen and oxygen atoms in total. The molecule has 17 heavy (non-hydrogen) atoms. The summed E-state index contributed by atoms with van der Waals surface area (Å²) in [5.41, 5.74) is 0.364. The molecule has 0 saturated heterocycles. The minimum Gasteiger partial charge on any atom is -0.484 e. The maximum atomic E-state index is 12.0. The van der Waals surface area contributed by atoms with Crippen molar-refractivity contribution in [2.45, 2.75) is 12.6 Å². The zero-order valence-corrected chi connectivity index (χ0v) is 9.08. The summed E-state index contributed by atoms with van der Waals surface area (Å²) >= 11 is 0. The first-order valence-electron chi connectivity index (χ1n) is 4.76. The first kappa shape index (κ1) is 13.3. The quantitative estimate of drug-likeness (QED) is 0.767. The lowest BCUT2D eigenvalue weighted by molar-refractivity contribution is -0.153. The fraction of sp³-hybridized carbons (Fsp3) is 0.364. The highest BCUT2D eigenvalue weighted by atomic mass is 19.4. The van der Waals surface area contributed by atoms with Gasteiger partial charge in [0.05, 0.1) is 13.5 Å². The summed E-state index contributed by atoms with van der Waals surface area (Å²) in [7, 11) is 1.21. The molecule has 0 bridgehead atoms. The van der Waals surface area contributed by atoms with Crippen molar-refractivity contribution in [3.63, 3.8) is 0 Å². The van der Waals surface area contributed by atoms with Crippen molar-refractivity contribution in [1.29, 1.82) is 0 Å². The minimum absolute atomic E-state index is 0.0372. The molecule has 0 unspecified atom stereocenters. The lowest BCUT2D eigenvalue weighted by Gasteiger charge is -2.12. The fourth-order valence-electron chi connectivity index (χ4n) is 1.18. The Morgan fingerprint density at radius 3 is 2.53 bits per heavy atom. The molecular formula is C11H11F3O3. The molecule has 0 aromatic heterocycles. The van der Waals surface area contributed by atoms with Crippen LogP contribution in [0.2, 0.25) is 0 Å². The molecule has 0 heterocycles. The van der Waals surface area contributed by atoms with Crippen molar-refractivity contribution in [1.82, 2.24) is 0 Å². The molecule has 0 aliphatic rings. The van der Waals surface area contributed by atoms with Crippen LogP contribution in [0.3, 0.4) is 0 Å². The van der Waals surface area contributed by atoms with E-state index in [1.807, 2.05) is 0 Å². The second-order valence-corrected chi connectivity index (χ2v) is 3.26. The molecule has 0 saturated carbocycles. The number of halogens is 3. The number of carbonyl (C=O) groups excluding carboxylic acids is 1. The number of rotatable bonds is 4. The summed E-state index contributed by atoms with van der Waals surface area (Å²) in [5.74, 6) is -0.497. The number of benzene rings is 1. The second kappa shape index (κ2) is 5.56. The molecule has 0 radical (unpaired) electrons. The maximum Gasteiger partial charge on any atom is 0.422 e. The molecule has 0 amide bonds. The van der Waals surface area contributed by atoms with E-state index in [9.17, 15) is 18.0 Å². The Hall–Kier alpha value is -1.72. The standard InChI is InChI=1S/C11H11F3O3/c1-16-10(15)6-8-4-2-3-5-9(8)17-7-11(12,13)14/h2-5H,6-7H2,1H3. The highest BCUT2D eigenvalue weighted by molar-refractivity contribution is 5.73. The molecule has 0 spiro atoms. The average Bonchev–Trinajstić information content (AvgIpc) is 2.26. The molecule has 0 aliphatic carbocycles. The van der Waals surface area contributed by atoms with Crippen molar-refractivity contribution in [3.8, 4) is 5.75 Å². The summed E-state index contributed by atoms with van der Waals surface area (Å²) in [6.45, 7) is -1.38. The van der Waals surface area contributed by atoms with Gasteiger partial charge in [-0.1, -0.05) is 18.2 Å². The van der Waals surface area contributed by atoms with E-state index >= 15 is 0 Å². The smallest absolute Gasteiger partial charge is 0.422 e. The molecule has 0 atom stereocenters. The first-order valence-corrected chi connectivity index (χ1v) is 4.76. The second-order valence-electron chi connectivity index (χ2n) is 3.26. The molecule has 94 valence electrons. The predicted octanol–water partition coefficient (Wildman–Crippen LogP) is 2.34. The van der Waals surface area contributed by atoms with E-state index in [-0.39, 0.29) is 12.2 Å². The summed E-state index contributed by atoms with van der Waals surface area (Å²) in [6, 6.07) is 6.04. The Bertz CT molecular complexity index is 388. The van der Waals surface area contributed by atoms with E-state index in [1.165, 1.54) is 25.3 Å². The van der Waals surface area contributed by atoms with Gasteiger partial charge in [0, 0.05) is 5.56 Å². The van der Waals surface area contributed by atoms with Crippen molar-refractivity contribution >= 4 is 5.97 Å². The van der Waals surface area contributed by atoms with Gasteiger partial charge in [-0.3, -0.25) is 4.79 Å². The van der Waals surface area contributed by atoms with Crippen molar-refractivity contribution in [2.75, 3.05) is 13.7 Å².